The minimum Gasteiger partial charge on any atom is -0.490 e. The third-order valence-electron chi connectivity index (χ3n) is 6.65. The van der Waals surface area contributed by atoms with Crippen molar-refractivity contribution < 1.29 is 28.5 Å². The molecular formula is C28H29NO6. The largest absolute Gasteiger partial charge is 0.490 e. The fraction of sp³-hybridized carbons (Fsp3) is 0.393. The van der Waals surface area contributed by atoms with E-state index in [9.17, 15) is 9.59 Å². The lowest BCUT2D eigenvalue weighted by atomic mass is 9.67. The number of fused-ring (bicyclic) bond motifs is 1. The van der Waals surface area contributed by atoms with Gasteiger partial charge in [0, 0.05) is 29.3 Å². The van der Waals surface area contributed by atoms with Crippen LogP contribution in [0.25, 0.3) is 0 Å². The number of Topliss-reactive ketones (excluding diaryl/α,β-unsaturated/α-hetero) is 1. The molecule has 0 N–H and O–H groups in total. The maximum Gasteiger partial charge on any atom is 0.315 e. The highest BCUT2D eigenvalue weighted by molar-refractivity contribution is 6.09. The molecule has 2 heterocycles. The van der Waals surface area contributed by atoms with Crippen LogP contribution in [0.2, 0.25) is 0 Å². The van der Waals surface area contributed by atoms with Gasteiger partial charge in [-0.15, -0.1) is 0 Å². The molecule has 2 atom stereocenters. The number of benzene rings is 2. The van der Waals surface area contributed by atoms with Crippen molar-refractivity contribution in [3.63, 3.8) is 0 Å². The number of allylic oxidation sites excluding steroid dienone is 2. The van der Waals surface area contributed by atoms with Gasteiger partial charge in [-0.3, -0.25) is 14.6 Å². The Balaban J connectivity index is 1.42. The zero-order valence-electron chi connectivity index (χ0n) is 20.2. The van der Waals surface area contributed by atoms with Gasteiger partial charge in [-0.05, 0) is 48.6 Å². The zero-order chi connectivity index (χ0) is 24.6. The van der Waals surface area contributed by atoms with E-state index in [1.165, 1.54) is 0 Å². The Hall–Kier alpha value is -3.61. The number of esters is 1. The Bertz CT molecular complexity index is 1210. The molecule has 1 unspecified atom stereocenters. The van der Waals surface area contributed by atoms with Crippen LogP contribution in [0.4, 0.5) is 0 Å². The second-order valence-electron chi connectivity index (χ2n) is 9.95. The predicted octanol–water partition coefficient (Wildman–Crippen LogP) is 4.86. The van der Waals surface area contributed by atoms with E-state index in [1.807, 2.05) is 55.5 Å². The molecule has 0 fully saturated rings. The number of para-hydroxylation sites is 1. The highest BCUT2D eigenvalue weighted by Gasteiger charge is 2.46. The summed E-state index contributed by atoms with van der Waals surface area (Å²) in [6.45, 7) is 6.46. The summed E-state index contributed by atoms with van der Waals surface area (Å²) in [6, 6.07) is 15.0. The highest BCUT2D eigenvalue weighted by atomic mass is 16.7. The molecule has 2 aliphatic heterocycles. The molecule has 3 aliphatic rings. The maximum atomic E-state index is 13.4. The van der Waals surface area contributed by atoms with Gasteiger partial charge in [0.1, 0.15) is 24.9 Å². The van der Waals surface area contributed by atoms with E-state index in [4.69, 9.17) is 23.9 Å². The van der Waals surface area contributed by atoms with E-state index >= 15 is 0 Å². The molecule has 5 rings (SSSR count). The van der Waals surface area contributed by atoms with E-state index in [0.717, 1.165) is 11.3 Å². The van der Waals surface area contributed by atoms with Crippen molar-refractivity contribution >= 4 is 17.5 Å². The van der Waals surface area contributed by atoms with Gasteiger partial charge in [0.2, 0.25) is 6.79 Å². The van der Waals surface area contributed by atoms with E-state index in [0.29, 0.717) is 41.4 Å². The molecule has 0 aromatic heterocycles. The number of carbonyl (C=O) groups is 2. The molecule has 0 saturated carbocycles. The summed E-state index contributed by atoms with van der Waals surface area (Å²) in [6.07, 6.45) is 1.09. The fourth-order valence-electron chi connectivity index (χ4n) is 5.13. The number of hydrogen-bond acceptors (Lipinski definition) is 7. The summed E-state index contributed by atoms with van der Waals surface area (Å²) in [5, 5.41) is 0. The Morgan fingerprint density at radius 3 is 2.63 bits per heavy atom. The van der Waals surface area contributed by atoms with Gasteiger partial charge in [0.05, 0.1) is 0 Å². The van der Waals surface area contributed by atoms with Crippen LogP contribution < -0.4 is 14.2 Å². The number of ether oxygens (including phenoxy) is 4. The van der Waals surface area contributed by atoms with Gasteiger partial charge in [-0.25, -0.2) is 0 Å². The number of carbonyl (C=O) groups excluding carboxylic acids is 2. The smallest absolute Gasteiger partial charge is 0.315 e. The van der Waals surface area contributed by atoms with Crippen LogP contribution in [0.1, 0.15) is 45.1 Å². The molecule has 7 heteroatoms. The van der Waals surface area contributed by atoms with E-state index in [1.54, 1.807) is 0 Å². The number of nitrogens with zero attached hydrogens (tertiary/aromatic N) is 1. The number of rotatable bonds is 6. The van der Waals surface area contributed by atoms with Gasteiger partial charge in [0.25, 0.3) is 0 Å². The van der Waals surface area contributed by atoms with Crippen molar-refractivity contribution in [2.45, 2.75) is 39.5 Å². The normalized spacial score (nSPS) is 22.4. The van der Waals surface area contributed by atoms with Gasteiger partial charge >= 0.3 is 5.97 Å². The molecule has 0 spiro atoms. The average molecular weight is 476 g/mol. The summed E-state index contributed by atoms with van der Waals surface area (Å²) >= 11 is 0. The van der Waals surface area contributed by atoms with Gasteiger partial charge in [-0.1, -0.05) is 38.1 Å². The van der Waals surface area contributed by atoms with Gasteiger partial charge < -0.3 is 18.9 Å². The second kappa shape index (κ2) is 9.21. The summed E-state index contributed by atoms with van der Waals surface area (Å²) in [4.78, 5) is 31.6. The first-order valence-electron chi connectivity index (χ1n) is 11.9. The summed E-state index contributed by atoms with van der Waals surface area (Å²) in [5.41, 5.74) is 2.65. The van der Waals surface area contributed by atoms with Crippen LogP contribution in [0, 0.1) is 11.3 Å². The third kappa shape index (κ3) is 4.67. The van der Waals surface area contributed by atoms with Crippen molar-refractivity contribution in [2.75, 3.05) is 20.0 Å². The average Bonchev–Trinajstić information content (AvgIpc) is 3.28. The molecule has 182 valence electrons. The molecule has 2 aromatic rings. The Morgan fingerprint density at radius 1 is 1.06 bits per heavy atom. The molecule has 2 aromatic carbocycles. The van der Waals surface area contributed by atoms with Crippen LogP contribution in [0.15, 0.2) is 64.8 Å². The van der Waals surface area contributed by atoms with Crippen molar-refractivity contribution in [3.8, 4) is 17.2 Å². The zero-order valence-corrected chi connectivity index (χ0v) is 20.2. The van der Waals surface area contributed by atoms with Gasteiger partial charge in [0.15, 0.2) is 17.3 Å². The lowest BCUT2D eigenvalue weighted by Crippen LogP contribution is -2.39. The molecule has 0 radical (unpaired) electrons. The van der Waals surface area contributed by atoms with E-state index < -0.39 is 17.8 Å². The Kier molecular flexibility index (Phi) is 6.09. The standard InChI is InChI=1S/C28H29NO6/c1-17-24(27(31)33-12-11-32-19-7-5-4-6-8-19)25(18-9-10-22-23(13-18)35-16-34-22)26-20(29-17)14-28(2,3)15-21(26)30/h4-10,13,24-25H,11-12,14-16H2,1-3H3/t24?,25-/m0/s1. The van der Waals surface area contributed by atoms with Crippen LogP contribution >= 0.6 is 0 Å². The summed E-state index contributed by atoms with van der Waals surface area (Å²) in [5.74, 6) is 0.367. The van der Waals surface area contributed by atoms with Crippen molar-refractivity contribution in [1.29, 1.82) is 0 Å². The summed E-state index contributed by atoms with van der Waals surface area (Å²) < 4.78 is 22.3. The SMILES string of the molecule is CC1=NC2=C(C(=O)CC(C)(C)C2)[C@@H](c2ccc3c(c2)OCO3)C1C(=O)OCCOc1ccccc1. The predicted molar refractivity (Wildman–Crippen MR) is 130 cm³/mol. The van der Waals surface area contributed by atoms with Crippen LogP contribution in [0.5, 0.6) is 17.2 Å². The first-order valence-corrected chi connectivity index (χ1v) is 11.9. The molecule has 35 heavy (non-hydrogen) atoms. The molecular weight excluding hydrogens is 446 g/mol. The lowest BCUT2D eigenvalue weighted by molar-refractivity contribution is -0.147. The van der Waals surface area contributed by atoms with Gasteiger partial charge in [-0.2, -0.15) is 0 Å². The Labute approximate surface area is 204 Å². The molecule has 7 nitrogen and oxygen atoms in total. The first kappa shape index (κ1) is 23.1. The highest BCUT2D eigenvalue weighted by Crippen LogP contribution is 2.49. The number of aliphatic imine (C=N–C) groups is 1. The fourth-order valence-corrected chi connectivity index (χ4v) is 5.13. The van der Waals surface area contributed by atoms with E-state index in [2.05, 4.69) is 13.8 Å². The van der Waals surface area contributed by atoms with Crippen molar-refractivity contribution in [3.05, 3.63) is 65.4 Å². The molecule has 0 saturated heterocycles. The van der Waals surface area contributed by atoms with Crippen molar-refractivity contribution in [2.24, 2.45) is 16.3 Å². The van der Waals surface area contributed by atoms with E-state index in [-0.39, 0.29) is 31.2 Å². The Morgan fingerprint density at radius 2 is 1.83 bits per heavy atom. The third-order valence-corrected chi connectivity index (χ3v) is 6.65. The van der Waals surface area contributed by atoms with Crippen LogP contribution in [-0.4, -0.2) is 37.5 Å². The topological polar surface area (TPSA) is 83.4 Å². The second-order valence-corrected chi connectivity index (χ2v) is 9.95. The summed E-state index contributed by atoms with van der Waals surface area (Å²) in [7, 11) is 0. The molecule has 1 aliphatic carbocycles. The first-order chi connectivity index (χ1) is 16.8. The molecule has 0 amide bonds. The number of hydrogen-bond donors (Lipinski definition) is 0. The van der Waals surface area contributed by atoms with Crippen LogP contribution in [-0.2, 0) is 14.3 Å². The number of ketones is 1. The maximum absolute atomic E-state index is 13.4. The van der Waals surface area contributed by atoms with Crippen molar-refractivity contribution in [1.82, 2.24) is 0 Å². The quantitative estimate of drug-likeness (QED) is 0.439. The monoisotopic (exact) mass is 475 g/mol. The minimum atomic E-state index is -0.712. The minimum absolute atomic E-state index is 0.0281. The van der Waals surface area contributed by atoms with Crippen LogP contribution in [0.3, 0.4) is 0 Å². The lowest BCUT2D eigenvalue weighted by Gasteiger charge is -2.39. The molecule has 0 bridgehead atoms.